The van der Waals surface area contributed by atoms with Crippen LogP contribution >= 0.6 is 0 Å². The molecule has 0 spiro atoms. The van der Waals surface area contributed by atoms with Gasteiger partial charge in [0.25, 0.3) is 0 Å². The lowest BCUT2D eigenvalue weighted by molar-refractivity contribution is -0.173. The molecule has 0 aliphatic carbocycles. The van der Waals surface area contributed by atoms with Gasteiger partial charge in [-0.05, 0) is 29.5 Å². The number of para-hydroxylation sites is 1. The van der Waals surface area contributed by atoms with Gasteiger partial charge in [0.05, 0.1) is 13.2 Å². The summed E-state index contributed by atoms with van der Waals surface area (Å²) in [5.74, 6) is -1.04. The first-order valence-corrected chi connectivity index (χ1v) is 8.74. The van der Waals surface area contributed by atoms with Crippen LogP contribution < -0.4 is 4.90 Å². The molecule has 0 bridgehead atoms. The molecule has 0 fully saturated rings. The van der Waals surface area contributed by atoms with E-state index in [0.29, 0.717) is 0 Å². The van der Waals surface area contributed by atoms with E-state index in [2.05, 4.69) is 36.2 Å². The summed E-state index contributed by atoms with van der Waals surface area (Å²) < 4.78 is 0. The van der Waals surface area contributed by atoms with E-state index in [9.17, 15) is 9.59 Å². The summed E-state index contributed by atoms with van der Waals surface area (Å²) in [4.78, 5) is 31.7. The van der Waals surface area contributed by atoms with Crippen LogP contribution in [0.25, 0.3) is 0 Å². The van der Waals surface area contributed by atoms with Crippen LogP contribution in [-0.2, 0) is 14.4 Å². The molecule has 1 heterocycles. The number of amides is 1. The zero-order valence-corrected chi connectivity index (χ0v) is 15.4. The van der Waals surface area contributed by atoms with Crippen molar-refractivity contribution in [3.05, 3.63) is 65.7 Å². The Labute approximate surface area is 154 Å². The van der Waals surface area contributed by atoms with Crippen LogP contribution in [0.3, 0.4) is 0 Å². The van der Waals surface area contributed by atoms with Crippen molar-refractivity contribution < 1.29 is 14.4 Å². The molecule has 1 aliphatic rings. The maximum Gasteiger partial charge on any atom is 0.313 e. The predicted molar refractivity (Wildman–Crippen MR) is 101 cm³/mol. The van der Waals surface area contributed by atoms with E-state index in [4.69, 9.17) is 4.84 Å². The molecule has 0 aromatic heterocycles. The molecule has 0 radical (unpaired) electrons. The van der Waals surface area contributed by atoms with Crippen molar-refractivity contribution in [2.24, 2.45) is 0 Å². The standard InChI is InChI=1S/C21H24N2O3/c1-22-18-12-8-7-11-17(18)16(14-20(24)21(25)23(2)26-3)13-19(22)15-9-5-4-6-10-15/h4-12,16,19H,13-14H2,1-3H3/t16-,19-/m0/s1. The number of anilines is 1. The van der Waals surface area contributed by atoms with Crippen molar-refractivity contribution >= 4 is 17.4 Å². The quantitative estimate of drug-likeness (QED) is 0.612. The number of hydrogen-bond acceptors (Lipinski definition) is 4. The van der Waals surface area contributed by atoms with E-state index in [0.717, 1.165) is 22.7 Å². The third-order valence-corrected chi connectivity index (χ3v) is 5.15. The van der Waals surface area contributed by atoms with Gasteiger partial charge in [-0.1, -0.05) is 48.5 Å². The Hall–Kier alpha value is -2.66. The van der Waals surface area contributed by atoms with Gasteiger partial charge in [0.15, 0.2) is 0 Å². The van der Waals surface area contributed by atoms with Crippen LogP contribution in [0.2, 0.25) is 0 Å². The SMILES string of the molecule is CON(C)C(=O)C(=O)C[C@@H]1C[C@@H](c2ccccc2)N(C)c2ccccc21. The molecule has 1 amide bonds. The molecule has 0 N–H and O–H groups in total. The largest absolute Gasteiger partial charge is 0.367 e. The second kappa shape index (κ2) is 7.70. The normalized spacial score (nSPS) is 19.0. The smallest absolute Gasteiger partial charge is 0.313 e. The monoisotopic (exact) mass is 352 g/mol. The van der Waals surface area contributed by atoms with Crippen LogP contribution in [0.1, 0.15) is 35.9 Å². The highest BCUT2D eigenvalue weighted by molar-refractivity contribution is 6.35. The first kappa shape index (κ1) is 18.1. The highest BCUT2D eigenvalue weighted by Gasteiger charge is 2.34. The van der Waals surface area contributed by atoms with Crippen molar-refractivity contribution in [1.29, 1.82) is 0 Å². The molecule has 0 unspecified atom stereocenters. The van der Waals surface area contributed by atoms with Crippen LogP contribution in [0, 0.1) is 0 Å². The summed E-state index contributed by atoms with van der Waals surface area (Å²) >= 11 is 0. The lowest BCUT2D eigenvalue weighted by Crippen LogP contribution is -2.36. The summed E-state index contributed by atoms with van der Waals surface area (Å²) in [7, 11) is 4.91. The minimum absolute atomic E-state index is 0.00527. The maximum absolute atomic E-state index is 12.5. The maximum atomic E-state index is 12.5. The number of Topliss-reactive ketones (excluding diaryl/α,β-unsaturated/α-hetero) is 1. The highest BCUT2D eigenvalue weighted by atomic mass is 16.7. The molecule has 2 aromatic rings. The van der Waals surface area contributed by atoms with Gasteiger partial charge in [-0.3, -0.25) is 14.4 Å². The van der Waals surface area contributed by atoms with E-state index in [1.807, 2.05) is 30.3 Å². The molecule has 0 saturated heterocycles. The van der Waals surface area contributed by atoms with Crippen molar-refractivity contribution in [1.82, 2.24) is 5.06 Å². The number of benzene rings is 2. The fourth-order valence-electron chi connectivity index (χ4n) is 3.67. The number of hydroxylamine groups is 2. The second-order valence-corrected chi connectivity index (χ2v) is 6.64. The van der Waals surface area contributed by atoms with Crippen LogP contribution in [-0.4, -0.2) is 38.0 Å². The van der Waals surface area contributed by atoms with Gasteiger partial charge in [-0.2, -0.15) is 0 Å². The molecule has 1 aliphatic heterocycles. The average molecular weight is 352 g/mol. The topological polar surface area (TPSA) is 49.9 Å². The Bertz CT molecular complexity index is 791. The molecule has 5 nitrogen and oxygen atoms in total. The van der Waals surface area contributed by atoms with Gasteiger partial charge in [0.2, 0.25) is 5.78 Å². The third kappa shape index (κ3) is 3.48. The van der Waals surface area contributed by atoms with Crippen LogP contribution in [0.15, 0.2) is 54.6 Å². The lowest BCUT2D eigenvalue weighted by atomic mass is 9.80. The molecule has 136 valence electrons. The lowest BCUT2D eigenvalue weighted by Gasteiger charge is -2.40. The van der Waals surface area contributed by atoms with E-state index in [1.165, 1.54) is 19.7 Å². The first-order chi connectivity index (χ1) is 12.5. The zero-order valence-electron chi connectivity index (χ0n) is 15.4. The average Bonchev–Trinajstić information content (AvgIpc) is 2.69. The number of carbonyl (C=O) groups is 2. The summed E-state index contributed by atoms with van der Waals surface area (Å²) in [6.45, 7) is 0. The minimum Gasteiger partial charge on any atom is -0.367 e. The van der Waals surface area contributed by atoms with E-state index < -0.39 is 11.7 Å². The Morgan fingerprint density at radius 1 is 1.12 bits per heavy atom. The molecule has 5 heteroatoms. The highest BCUT2D eigenvalue weighted by Crippen LogP contribution is 2.45. The summed E-state index contributed by atoms with van der Waals surface area (Å²) in [6.07, 6.45) is 0.966. The number of hydrogen-bond donors (Lipinski definition) is 0. The number of fused-ring (bicyclic) bond motifs is 1. The molecular weight excluding hydrogens is 328 g/mol. The Morgan fingerprint density at radius 2 is 1.77 bits per heavy atom. The fraction of sp³-hybridized carbons (Fsp3) is 0.333. The van der Waals surface area contributed by atoms with Crippen LogP contribution in [0.4, 0.5) is 5.69 Å². The Balaban J connectivity index is 1.90. The molecular formula is C21H24N2O3. The second-order valence-electron chi connectivity index (χ2n) is 6.64. The van der Waals surface area contributed by atoms with Crippen molar-refractivity contribution in [3.63, 3.8) is 0 Å². The van der Waals surface area contributed by atoms with Gasteiger partial charge >= 0.3 is 5.91 Å². The number of nitrogens with zero attached hydrogens (tertiary/aromatic N) is 2. The number of ketones is 1. The van der Waals surface area contributed by atoms with Gasteiger partial charge in [0, 0.05) is 26.2 Å². The molecule has 3 rings (SSSR count). The van der Waals surface area contributed by atoms with E-state index >= 15 is 0 Å². The van der Waals surface area contributed by atoms with Crippen molar-refractivity contribution in [2.75, 3.05) is 26.1 Å². The number of carbonyl (C=O) groups excluding carboxylic acids is 2. The van der Waals surface area contributed by atoms with E-state index in [-0.39, 0.29) is 18.4 Å². The first-order valence-electron chi connectivity index (χ1n) is 8.74. The van der Waals surface area contributed by atoms with Gasteiger partial charge in [-0.15, -0.1) is 0 Å². The number of rotatable bonds is 5. The Kier molecular flexibility index (Phi) is 5.38. The summed E-state index contributed by atoms with van der Waals surface area (Å²) in [5.41, 5.74) is 3.43. The number of likely N-dealkylation sites (N-methyl/N-ethyl adjacent to an activating group) is 1. The van der Waals surface area contributed by atoms with Crippen LogP contribution in [0.5, 0.6) is 0 Å². The van der Waals surface area contributed by atoms with Gasteiger partial charge < -0.3 is 4.90 Å². The fourth-order valence-corrected chi connectivity index (χ4v) is 3.67. The Morgan fingerprint density at radius 3 is 2.46 bits per heavy atom. The predicted octanol–water partition coefficient (Wildman–Crippen LogP) is 3.33. The zero-order chi connectivity index (χ0) is 18.7. The van der Waals surface area contributed by atoms with Gasteiger partial charge in [0.1, 0.15) is 0 Å². The van der Waals surface area contributed by atoms with E-state index in [1.54, 1.807) is 0 Å². The molecule has 0 saturated carbocycles. The summed E-state index contributed by atoms with van der Waals surface area (Å²) in [5, 5.41) is 0.984. The third-order valence-electron chi connectivity index (χ3n) is 5.15. The minimum atomic E-state index is -0.611. The molecule has 2 aromatic carbocycles. The van der Waals surface area contributed by atoms with Crippen molar-refractivity contribution in [3.8, 4) is 0 Å². The van der Waals surface area contributed by atoms with Crippen molar-refractivity contribution in [2.45, 2.75) is 24.8 Å². The summed E-state index contributed by atoms with van der Waals surface area (Å²) in [6, 6.07) is 18.6. The molecule has 26 heavy (non-hydrogen) atoms. The van der Waals surface area contributed by atoms with Gasteiger partial charge in [-0.25, -0.2) is 5.06 Å². The molecule has 2 atom stereocenters.